The van der Waals surface area contributed by atoms with Crippen LogP contribution < -0.4 is 10.6 Å². The van der Waals surface area contributed by atoms with Crippen molar-refractivity contribution in [3.63, 3.8) is 0 Å². The van der Waals surface area contributed by atoms with Crippen molar-refractivity contribution in [2.45, 2.75) is 33.2 Å². The van der Waals surface area contributed by atoms with Gasteiger partial charge >= 0.3 is 0 Å². The highest BCUT2D eigenvalue weighted by Gasteiger charge is 2.24. The van der Waals surface area contributed by atoms with Gasteiger partial charge < -0.3 is 20.3 Å². The van der Waals surface area contributed by atoms with Gasteiger partial charge in [-0.2, -0.15) is 0 Å². The SMILES string of the molecule is Cc1ccccc1C(=O)NC(CC(C)C)C(=O)Nc1cccc(C(=O)N2CCOCC2)c1. The van der Waals surface area contributed by atoms with E-state index in [1.807, 2.05) is 32.9 Å². The number of benzene rings is 2. The summed E-state index contributed by atoms with van der Waals surface area (Å²) in [6, 6.07) is 13.5. The van der Waals surface area contributed by atoms with Crippen LogP contribution in [0.15, 0.2) is 48.5 Å². The van der Waals surface area contributed by atoms with Gasteiger partial charge in [0.15, 0.2) is 0 Å². The van der Waals surface area contributed by atoms with E-state index in [1.165, 1.54) is 0 Å². The van der Waals surface area contributed by atoms with Crippen molar-refractivity contribution in [1.29, 1.82) is 0 Å². The van der Waals surface area contributed by atoms with E-state index in [-0.39, 0.29) is 23.6 Å². The Morgan fingerprint density at radius 3 is 2.44 bits per heavy atom. The molecule has 2 aromatic rings. The van der Waals surface area contributed by atoms with Crippen molar-refractivity contribution in [2.24, 2.45) is 5.92 Å². The van der Waals surface area contributed by atoms with Crippen molar-refractivity contribution in [3.05, 3.63) is 65.2 Å². The summed E-state index contributed by atoms with van der Waals surface area (Å²) < 4.78 is 5.31. The third-order valence-electron chi connectivity index (χ3n) is 5.39. The number of carbonyl (C=O) groups excluding carboxylic acids is 3. The van der Waals surface area contributed by atoms with Crippen molar-refractivity contribution >= 4 is 23.4 Å². The number of anilines is 1. The molecule has 1 heterocycles. The van der Waals surface area contributed by atoms with Crippen molar-refractivity contribution in [2.75, 3.05) is 31.6 Å². The molecule has 0 spiro atoms. The van der Waals surface area contributed by atoms with E-state index in [0.717, 1.165) is 5.56 Å². The number of nitrogens with zero attached hydrogens (tertiary/aromatic N) is 1. The molecular formula is C25H31N3O4. The number of aryl methyl sites for hydroxylation is 1. The lowest BCUT2D eigenvalue weighted by molar-refractivity contribution is -0.118. The average Bonchev–Trinajstić information content (AvgIpc) is 2.78. The fraction of sp³-hybridized carbons (Fsp3) is 0.400. The molecule has 7 heteroatoms. The van der Waals surface area contributed by atoms with Gasteiger partial charge in [0.05, 0.1) is 13.2 Å². The predicted octanol–water partition coefficient (Wildman–Crippen LogP) is 3.25. The molecule has 3 rings (SSSR count). The second kappa shape index (κ2) is 10.9. The highest BCUT2D eigenvalue weighted by Crippen LogP contribution is 2.16. The van der Waals surface area contributed by atoms with E-state index in [2.05, 4.69) is 10.6 Å². The molecule has 0 bridgehead atoms. The Morgan fingerprint density at radius 2 is 1.75 bits per heavy atom. The minimum Gasteiger partial charge on any atom is -0.378 e. The lowest BCUT2D eigenvalue weighted by Gasteiger charge is -2.27. The predicted molar refractivity (Wildman–Crippen MR) is 124 cm³/mol. The number of carbonyl (C=O) groups is 3. The smallest absolute Gasteiger partial charge is 0.254 e. The van der Waals surface area contributed by atoms with Crippen LogP contribution in [0.5, 0.6) is 0 Å². The summed E-state index contributed by atoms with van der Waals surface area (Å²) >= 11 is 0. The number of ether oxygens (including phenoxy) is 1. The van der Waals surface area contributed by atoms with Crippen molar-refractivity contribution in [3.8, 4) is 0 Å². The number of nitrogens with one attached hydrogen (secondary N) is 2. The van der Waals surface area contributed by atoms with Gasteiger partial charge in [-0.25, -0.2) is 0 Å². The molecule has 1 atom stereocenters. The van der Waals surface area contributed by atoms with Gasteiger partial charge in [-0.3, -0.25) is 14.4 Å². The van der Waals surface area contributed by atoms with Crippen molar-refractivity contribution in [1.82, 2.24) is 10.2 Å². The van der Waals surface area contributed by atoms with Crippen LogP contribution in [-0.2, 0) is 9.53 Å². The van der Waals surface area contributed by atoms with Crippen LogP contribution in [0.3, 0.4) is 0 Å². The molecule has 0 aliphatic carbocycles. The molecule has 1 unspecified atom stereocenters. The second-order valence-electron chi connectivity index (χ2n) is 8.45. The van der Waals surface area contributed by atoms with Crippen LogP contribution in [0.2, 0.25) is 0 Å². The summed E-state index contributed by atoms with van der Waals surface area (Å²) in [7, 11) is 0. The van der Waals surface area contributed by atoms with Gasteiger partial charge in [-0.1, -0.05) is 38.1 Å². The van der Waals surface area contributed by atoms with Gasteiger partial charge in [-0.05, 0) is 49.1 Å². The fourth-order valence-corrected chi connectivity index (χ4v) is 3.67. The van der Waals surface area contributed by atoms with Crippen LogP contribution in [-0.4, -0.2) is 55.0 Å². The third-order valence-corrected chi connectivity index (χ3v) is 5.39. The first kappa shape index (κ1) is 23.5. The van der Waals surface area contributed by atoms with Crippen LogP contribution >= 0.6 is 0 Å². The zero-order valence-corrected chi connectivity index (χ0v) is 18.9. The summed E-state index contributed by atoms with van der Waals surface area (Å²) in [6.45, 7) is 8.03. The van der Waals surface area contributed by atoms with E-state index in [0.29, 0.717) is 49.5 Å². The summed E-state index contributed by atoms with van der Waals surface area (Å²) in [5.74, 6) is -0.468. The van der Waals surface area contributed by atoms with E-state index in [9.17, 15) is 14.4 Å². The normalized spacial score (nSPS) is 14.7. The molecule has 1 fully saturated rings. The maximum atomic E-state index is 13.0. The van der Waals surface area contributed by atoms with E-state index in [4.69, 9.17) is 4.74 Å². The van der Waals surface area contributed by atoms with Crippen LogP contribution in [0, 0.1) is 12.8 Å². The number of amides is 3. The molecule has 1 aliphatic rings. The molecule has 2 N–H and O–H groups in total. The summed E-state index contributed by atoms with van der Waals surface area (Å²) in [4.78, 5) is 40.3. The zero-order valence-electron chi connectivity index (χ0n) is 18.9. The highest BCUT2D eigenvalue weighted by molar-refractivity contribution is 6.02. The first-order chi connectivity index (χ1) is 15.3. The fourth-order valence-electron chi connectivity index (χ4n) is 3.67. The Labute approximate surface area is 189 Å². The third kappa shape index (κ3) is 6.17. The maximum absolute atomic E-state index is 13.0. The number of rotatable bonds is 7. The van der Waals surface area contributed by atoms with Gasteiger partial charge in [0.25, 0.3) is 11.8 Å². The minimum atomic E-state index is -0.694. The van der Waals surface area contributed by atoms with Crippen LogP contribution in [0.25, 0.3) is 0 Å². The Bertz CT molecular complexity index is 967. The number of morpholine rings is 1. The number of hydrogen-bond acceptors (Lipinski definition) is 4. The molecule has 2 aromatic carbocycles. The minimum absolute atomic E-state index is 0.0871. The lowest BCUT2D eigenvalue weighted by Crippen LogP contribution is -2.44. The topological polar surface area (TPSA) is 87.7 Å². The van der Waals surface area contributed by atoms with Gasteiger partial charge in [0.1, 0.15) is 6.04 Å². The standard InChI is InChI=1S/C25H31N3O4/c1-17(2)15-22(27-23(29)21-10-5-4-7-18(21)3)24(30)26-20-9-6-8-19(16-20)25(31)28-11-13-32-14-12-28/h4-10,16-17,22H,11-15H2,1-3H3,(H,26,30)(H,27,29). The molecule has 3 amide bonds. The molecule has 7 nitrogen and oxygen atoms in total. The quantitative estimate of drug-likeness (QED) is 0.696. The molecule has 0 radical (unpaired) electrons. The van der Waals surface area contributed by atoms with Gasteiger partial charge in [0.2, 0.25) is 5.91 Å². The molecule has 170 valence electrons. The first-order valence-corrected chi connectivity index (χ1v) is 11.0. The first-order valence-electron chi connectivity index (χ1n) is 11.0. The molecular weight excluding hydrogens is 406 g/mol. The molecule has 0 saturated carbocycles. The highest BCUT2D eigenvalue weighted by atomic mass is 16.5. The van der Waals surface area contributed by atoms with Gasteiger partial charge in [-0.15, -0.1) is 0 Å². The van der Waals surface area contributed by atoms with Gasteiger partial charge in [0, 0.05) is 29.9 Å². The summed E-state index contributed by atoms with van der Waals surface area (Å²) in [5, 5.41) is 5.74. The molecule has 1 aliphatic heterocycles. The summed E-state index contributed by atoms with van der Waals surface area (Å²) in [5.41, 5.74) is 2.43. The molecule has 1 saturated heterocycles. The van der Waals surface area contributed by atoms with E-state index >= 15 is 0 Å². The maximum Gasteiger partial charge on any atom is 0.254 e. The van der Waals surface area contributed by atoms with Crippen LogP contribution in [0.4, 0.5) is 5.69 Å². The Kier molecular flexibility index (Phi) is 8.00. The van der Waals surface area contributed by atoms with E-state index in [1.54, 1.807) is 41.3 Å². The number of hydrogen-bond donors (Lipinski definition) is 2. The Balaban J connectivity index is 1.71. The lowest BCUT2D eigenvalue weighted by atomic mass is 10.0. The largest absolute Gasteiger partial charge is 0.378 e. The van der Waals surface area contributed by atoms with Crippen molar-refractivity contribution < 1.29 is 19.1 Å². The summed E-state index contributed by atoms with van der Waals surface area (Å²) in [6.07, 6.45) is 0.496. The Morgan fingerprint density at radius 1 is 1.03 bits per heavy atom. The zero-order chi connectivity index (χ0) is 23.1. The van der Waals surface area contributed by atoms with Crippen LogP contribution in [0.1, 0.15) is 46.5 Å². The second-order valence-corrected chi connectivity index (χ2v) is 8.45. The monoisotopic (exact) mass is 437 g/mol. The molecule has 32 heavy (non-hydrogen) atoms. The molecule has 0 aromatic heterocycles. The average molecular weight is 438 g/mol. The Hall–Kier alpha value is -3.19. The van der Waals surface area contributed by atoms with E-state index < -0.39 is 6.04 Å².